The van der Waals surface area contributed by atoms with Crippen LogP contribution < -0.4 is 10.6 Å². The molecule has 1 fully saturated rings. The number of hydrogen-bond acceptors (Lipinski definition) is 4. The van der Waals surface area contributed by atoms with Gasteiger partial charge in [0.25, 0.3) is 5.91 Å². The van der Waals surface area contributed by atoms with Crippen molar-refractivity contribution in [3.63, 3.8) is 0 Å². The summed E-state index contributed by atoms with van der Waals surface area (Å²) in [7, 11) is 0. The summed E-state index contributed by atoms with van der Waals surface area (Å²) in [5.74, 6) is -1.36. The van der Waals surface area contributed by atoms with Crippen molar-refractivity contribution in [3.05, 3.63) is 35.6 Å². The van der Waals surface area contributed by atoms with Gasteiger partial charge in [0.05, 0.1) is 5.41 Å². The van der Waals surface area contributed by atoms with Gasteiger partial charge in [-0.3, -0.25) is 14.9 Å². The third kappa shape index (κ3) is 5.52. The summed E-state index contributed by atoms with van der Waals surface area (Å²) in [6.45, 7) is 3.93. The molecule has 1 aromatic carbocycles. The predicted molar refractivity (Wildman–Crippen MR) is 98.5 cm³/mol. The van der Waals surface area contributed by atoms with E-state index in [2.05, 4.69) is 10.6 Å². The number of urea groups is 1. The summed E-state index contributed by atoms with van der Waals surface area (Å²) in [6, 6.07) is 5.53. The molecule has 1 aliphatic carbocycles. The van der Waals surface area contributed by atoms with E-state index in [9.17, 15) is 18.8 Å². The zero-order valence-electron chi connectivity index (χ0n) is 15.8. The second-order valence-corrected chi connectivity index (χ2v) is 7.33. The molecular weight excluding hydrogens is 351 g/mol. The number of halogens is 1. The Kier molecular flexibility index (Phi) is 7.33. The Morgan fingerprint density at radius 3 is 2.48 bits per heavy atom. The second-order valence-electron chi connectivity index (χ2n) is 7.33. The number of carbonyl (C=O) groups is 3. The molecular formula is C20H27FN2O4. The van der Waals surface area contributed by atoms with E-state index in [1.807, 2.05) is 13.8 Å². The number of ether oxygens (including phenoxy) is 1. The fourth-order valence-corrected chi connectivity index (χ4v) is 3.36. The van der Waals surface area contributed by atoms with Gasteiger partial charge in [0.1, 0.15) is 5.82 Å². The molecule has 6 nitrogen and oxygen atoms in total. The van der Waals surface area contributed by atoms with E-state index in [0.29, 0.717) is 30.9 Å². The molecule has 0 saturated heterocycles. The third-order valence-electron chi connectivity index (χ3n) is 4.83. The van der Waals surface area contributed by atoms with Crippen LogP contribution in [-0.4, -0.2) is 31.1 Å². The SMILES string of the molecule is CC(C)CCNC(=O)NC(=O)COC(=O)C1(c2ccccc2F)CCCC1. The molecule has 7 heteroatoms. The minimum absolute atomic E-state index is 0.305. The predicted octanol–water partition coefficient (Wildman–Crippen LogP) is 3.05. The van der Waals surface area contributed by atoms with Crippen LogP contribution in [0.25, 0.3) is 0 Å². The fourth-order valence-electron chi connectivity index (χ4n) is 3.36. The molecule has 0 radical (unpaired) electrons. The first kappa shape index (κ1) is 20.9. The first-order chi connectivity index (χ1) is 12.8. The number of rotatable bonds is 7. The standard InChI is InChI=1S/C20H27FN2O4/c1-14(2)9-12-22-19(26)23-17(24)13-27-18(25)20(10-5-6-11-20)15-7-3-4-8-16(15)21/h3-4,7-8,14H,5-6,9-13H2,1-2H3,(H2,22,23,24,26). The minimum Gasteiger partial charge on any atom is -0.455 e. The first-order valence-electron chi connectivity index (χ1n) is 9.35. The molecule has 0 atom stereocenters. The van der Waals surface area contributed by atoms with Gasteiger partial charge in [-0.2, -0.15) is 0 Å². The second kappa shape index (κ2) is 9.48. The molecule has 2 N–H and O–H groups in total. The van der Waals surface area contributed by atoms with Gasteiger partial charge < -0.3 is 10.1 Å². The van der Waals surface area contributed by atoms with Crippen molar-refractivity contribution in [3.8, 4) is 0 Å². The van der Waals surface area contributed by atoms with E-state index in [1.165, 1.54) is 6.07 Å². The average Bonchev–Trinajstić information content (AvgIpc) is 3.10. The van der Waals surface area contributed by atoms with Crippen LogP contribution in [0.15, 0.2) is 24.3 Å². The van der Waals surface area contributed by atoms with Crippen molar-refractivity contribution in [2.24, 2.45) is 5.92 Å². The molecule has 0 spiro atoms. The van der Waals surface area contributed by atoms with Crippen molar-refractivity contribution in [2.75, 3.05) is 13.2 Å². The highest BCUT2D eigenvalue weighted by Gasteiger charge is 2.45. The summed E-state index contributed by atoms with van der Waals surface area (Å²) in [5, 5.41) is 4.69. The summed E-state index contributed by atoms with van der Waals surface area (Å²) in [6.07, 6.45) is 3.32. The van der Waals surface area contributed by atoms with Crippen LogP contribution in [0, 0.1) is 11.7 Å². The Labute approximate surface area is 158 Å². The number of esters is 1. The van der Waals surface area contributed by atoms with Crippen LogP contribution in [-0.2, 0) is 19.7 Å². The minimum atomic E-state index is -1.06. The summed E-state index contributed by atoms with van der Waals surface area (Å²) in [5.41, 5.74) is -0.759. The first-order valence-corrected chi connectivity index (χ1v) is 9.35. The maximum Gasteiger partial charge on any atom is 0.321 e. The van der Waals surface area contributed by atoms with Gasteiger partial charge >= 0.3 is 12.0 Å². The molecule has 0 heterocycles. The lowest BCUT2D eigenvalue weighted by molar-refractivity contribution is -0.154. The molecule has 3 amide bonds. The molecule has 2 rings (SSSR count). The summed E-state index contributed by atoms with van der Waals surface area (Å²) < 4.78 is 19.4. The lowest BCUT2D eigenvalue weighted by Crippen LogP contribution is -2.43. The van der Waals surface area contributed by atoms with Gasteiger partial charge in [-0.05, 0) is 31.2 Å². The number of nitrogens with one attached hydrogen (secondary N) is 2. The smallest absolute Gasteiger partial charge is 0.321 e. The quantitative estimate of drug-likeness (QED) is 0.714. The van der Waals surface area contributed by atoms with E-state index >= 15 is 0 Å². The average molecular weight is 378 g/mol. The Balaban J connectivity index is 1.90. The van der Waals surface area contributed by atoms with Crippen LogP contribution in [0.1, 0.15) is 51.5 Å². The molecule has 1 aromatic rings. The van der Waals surface area contributed by atoms with Crippen LogP contribution in [0.4, 0.5) is 9.18 Å². The lowest BCUT2D eigenvalue weighted by atomic mass is 9.78. The van der Waals surface area contributed by atoms with Gasteiger partial charge in [-0.15, -0.1) is 0 Å². The van der Waals surface area contributed by atoms with Crippen LogP contribution >= 0.6 is 0 Å². The molecule has 0 bridgehead atoms. The largest absolute Gasteiger partial charge is 0.455 e. The van der Waals surface area contributed by atoms with Crippen LogP contribution in [0.2, 0.25) is 0 Å². The Morgan fingerprint density at radius 2 is 1.85 bits per heavy atom. The van der Waals surface area contributed by atoms with Gasteiger partial charge in [-0.25, -0.2) is 9.18 Å². The molecule has 1 aliphatic rings. The van der Waals surface area contributed by atoms with Crippen LogP contribution in [0.3, 0.4) is 0 Å². The van der Waals surface area contributed by atoms with Gasteiger partial charge in [-0.1, -0.05) is 44.9 Å². The Hall–Kier alpha value is -2.44. The van der Waals surface area contributed by atoms with Crippen molar-refractivity contribution in [2.45, 2.75) is 51.4 Å². The molecule has 27 heavy (non-hydrogen) atoms. The number of benzene rings is 1. The van der Waals surface area contributed by atoms with E-state index in [-0.39, 0.29) is 0 Å². The van der Waals surface area contributed by atoms with E-state index in [4.69, 9.17) is 4.74 Å². The monoisotopic (exact) mass is 378 g/mol. The van der Waals surface area contributed by atoms with E-state index < -0.39 is 35.7 Å². The van der Waals surface area contributed by atoms with E-state index in [1.54, 1.807) is 18.2 Å². The van der Waals surface area contributed by atoms with E-state index in [0.717, 1.165) is 19.3 Å². The third-order valence-corrected chi connectivity index (χ3v) is 4.83. The summed E-state index contributed by atoms with van der Waals surface area (Å²) >= 11 is 0. The zero-order valence-corrected chi connectivity index (χ0v) is 15.8. The Bertz CT molecular complexity index is 684. The fraction of sp³-hybridized carbons (Fsp3) is 0.550. The van der Waals surface area contributed by atoms with Crippen molar-refractivity contribution < 1.29 is 23.5 Å². The number of hydrogen-bond donors (Lipinski definition) is 2. The number of imide groups is 1. The maximum absolute atomic E-state index is 14.3. The van der Waals surface area contributed by atoms with Crippen LogP contribution in [0.5, 0.6) is 0 Å². The van der Waals surface area contributed by atoms with Crippen molar-refractivity contribution >= 4 is 17.9 Å². The highest BCUT2D eigenvalue weighted by molar-refractivity contribution is 5.96. The van der Waals surface area contributed by atoms with Crippen molar-refractivity contribution in [1.29, 1.82) is 0 Å². The number of carbonyl (C=O) groups excluding carboxylic acids is 3. The molecule has 0 unspecified atom stereocenters. The Morgan fingerprint density at radius 1 is 1.19 bits per heavy atom. The molecule has 0 aromatic heterocycles. The molecule has 1 saturated carbocycles. The van der Waals surface area contributed by atoms with Gasteiger partial charge in [0.15, 0.2) is 6.61 Å². The summed E-state index contributed by atoms with van der Waals surface area (Å²) in [4.78, 5) is 36.2. The lowest BCUT2D eigenvalue weighted by Gasteiger charge is -2.27. The number of amides is 3. The van der Waals surface area contributed by atoms with Gasteiger partial charge in [0.2, 0.25) is 0 Å². The zero-order chi connectivity index (χ0) is 19.9. The highest BCUT2D eigenvalue weighted by atomic mass is 19.1. The highest BCUT2D eigenvalue weighted by Crippen LogP contribution is 2.43. The van der Waals surface area contributed by atoms with Crippen molar-refractivity contribution in [1.82, 2.24) is 10.6 Å². The maximum atomic E-state index is 14.3. The van der Waals surface area contributed by atoms with Gasteiger partial charge in [0, 0.05) is 12.1 Å². The normalized spacial score (nSPS) is 15.4. The molecule has 0 aliphatic heterocycles. The molecule has 148 valence electrons. The topological polar surface area (TPSA) is 84.5 Å².